The van der Waals surface area contributed by atoms with E-state index in [0.717, 1.165) is 22.6 Å². The Balaban J connectivity index is 1.67. The lowest BCUT2D eigenvalue weighted by atomic mass is 10.2. The lowest BCUT2D eigenvalue weighted by molar-refractivity contribution is 0.301. The summed E-state index contributed by atoms with van der Waals surface area (Å²) in [5, 5.41) is 0. The first-order valence-corrected chi connectivity index (χ1v) is 7.16. The van der Waals surface area contributed by atoms with Crippen LogP contribution in [0.15, 0.2) is 65.3 Å². The Morgan fingerprint density at radius 1 is 1.05 bits per heavy atom. The zero-order valence-corrected chi connectivity index (χ0v) is 12.1. The van der Waals surface area contributed by atoms with Gasteiger partial charge in [-0.2, -0.15) is 0 Å². The molecule has 1 heterocycles. The third-order valence-electron chi connectivity index (χ3n) is 3.01. The molecule has 3 rings (SSSR count). The Kier molecular flexibility index (Phi) is 4.22. The molecule has 0 amide bonds. The highest BCUT2D eigenvalue weighted by molar-refractivity contribution is 6.17. The topological polar surface area (TPSA) is 35.3 Å². The van der Waals surface area contributed by atoms with Gasteiger partial charge in [-0.1, -0.05) is 30.3 Å². The molecule has 0 saturated carbocycles. The molecule has 0 N–H and O–H groups in total. The van der Waals surface area contributed by atoms with Gasteiger partial charge in [0.2, 0.25) is 5.89 Å². The molecule has 0 saturated heterocycles. The Morgan fingerprint density at radius 2 is 1.90 bits per heavy atom. The number of alkyl halides is 1. The lowest BCUT2D eigenvalue weighted by Gasteiger charge is -2.04. The van der Waals surface area contributed by atoms with Gasteiger partial charge in [0.1, 0.15) is 24.3 Å². The molecule has 4 heteroatoms. The van der Waals surface area contributed by atoms with Crippen LogP contribution in [0.5, 0.6) is 5.75 Å². The lowest BCUT2D eigenvalue weighted by Crippen LogP contribution is -1.96. The van der Waals surface area contributed by atoms with Crippen molar-refractivity contribution in [3.8, 4) is 17.2 Å². The number of halogens is 1. The quantitative estimate of drug-likeness (QED) is 0.643. The molecule has 106 valence electrons. The van der Waals surface area contributed by atoms with Crippen LogP contribution in [-0.4, -0.2) is 4.98 Å². The molecule has 0 bridgehead atoms. The SMILES string of the molecule is ClCc1cccc(OCc2coc(-c3ccccc3)n2)c1. The van der Waals surface area contributed by atoms with E-state index in [1.54, 1.807) is 6.26 Å². The fourth-order valence-corrected chi connectivity index (χ4v) is 2.13. The largest absolute Gasteiger partial charge is 0.487 e. The summed E-state index contributed by atoms with van der Waals surface area (Å²) in [6.07, 6.45) is 1.62. The van der Waals surface area contributed by atoms with Crippen molar-refractivity contribution < 1.29 is 9.15 Å². The Bertz CT molecular complexity index is 710. The van der Waals surface area contributed by atoms with Crippen LogP contribution in [-0.2, 0) is 12.5 Å². The van der Waals surface area contributed by atoms with E-state index < -0.39 is 0 Å². The summed E-state index contributed by atoms with van der Waals surface area (Å²) in [5.74, 6) is 1.85. The summed E-state index contributed by atoms with van der Waals surface area (Å²) in [5.41, 5.74) is 2.73. The Hall–Kier alpha value is -2.26. The summed E-state index contributed by atoms with van der Waals surface area (Å²) >= 11 is 5.80. The van der Waals surface area contributed by atoms with Crippen molar-refractivity contribution in [3.05, 3.63) is 72.1 Å². The van der Waals surface area contributed by atoms with Crippen LogP contribution >= 0.6 is 11.6 Å². The van der Waals surface area contributed by atoms with E-state index in [0.29, 0.717) is 18.4 Å². The van der Waals surface area contributed by atoms with Crippen molar-refractivity contribution >= 4 is 11.6 Å². The number of nitrogens with zero attached hydrogens (tertiary/aromatic N) is 1. The second-order valence-electron chi connectivity index (χ2n) is 4.58. The number of hydrogen-bond donors (Lipinski definition) is 0. The highest BCUT2D eigenvalue weighted by Crippen LogP contribution is 2.20. The fraction of sp³-hybridized carbons (Fsp3) is 0.118. The molecule has 3 nitrogen and oxygen atoms in total. The Morgan fingerprint density at radius 3 is 2.71 bits per heavy atom. The van der Waals surface area contributed by atoms with Crippen molar-refractivity contribution in [2.45, 2.75) is 12.5 Å². The van der Waals surface area contributed by atoms with Crippen LogP contribution in [0.3, 0.4) is 0 Å². The first-order chi connectivity index (χ1) is 10.3. The predicted molar refractivity (Wildman–Crippen MR) is 82.3 cm³/mol. The van der Waals surface area contributed by atoms with Crippen molar-refractivity contribution in [2.24, 2.45) is 0 Å². The summed E-state index contributed by atoms with van der Waals surface area (Å²) < 4.78 is 11.2. The zero-order valence-electron chi connectivity index (χ0n) is 11.3. The third-order valence-corrected chi connectivity index (χ3v) is 3.32. The van der Waals surface area contributed by atoms with Crippen molar-refractivity contribution in [2.75, 3.05) is 0 Å². The molecule has 0 aliphatic rings. The molecule has 0 radical (unpaired) electrons. The maximum absolute atomic E-state index is 5.80. The van der Waals surface area contributed by atoms with Crippen molar-refractivity contribution in [3.63, 3.8) is 0 Å². The van der Waals surface area contributed by atoms with Crippen LogP contribution in [0.1, 0.15) is 11.3 Å². The normalized spacial score (nSPS) is 10.5. The van der Waals surface area contributed by atoms with E-state index in [1.807, 2.05) is 54.6 Å². The second kappa shape index (κ2) is 6.46. The van der Waals surface area contributed by atoms with Gasteiger partial charge in [0.15, 0.2) is 0 Å². The average Bonchev–Trinajstić information content (AvgIpc) is 3.03. The van der Waals surface area contributed by atoms with E-state index in [2.05, 4.69) is 4.98 Å². The van der Waals surface area contributed by atoms with Gasteiger partial charge in [-0.15, -0.1) is 11.6 Å². The molecule has 0 aliphatic carbocycles. The molecule has 3 aromatic rings. The van der Waals surface area contributed by atoms with E-state index in [9.17, 15) is 0 Å². The molecular formula is C17H14ClNO2. The molecular weight excluding hydrogens is 286 g/mol. The first kappa shape index (κ1) is 13.7. The molecule has 2 aromatic carbocycles. The van der Waals surface area contributed by atoms with Crippen LogP contribution in [0.25, 0.3) is 11.5 Å². The standard InChI is InChI=1S/C17H14ClNO2/c18-10-13-5-4-8-16(9-13)20-11-15-12-21-17(19-15)14-6-2-1-3-7-14/h1-9,12H,10-11H2. The Labute approximate surface area is 128 Å². The van der Waals surface area contributed by atoms with Crippen LogP contribution in [0.4, 0.5) is 0 Å². The predicted octanol–water partition coefficient (Wildman–Crippen LogP) is 4.66. The summed E-state index contributed by atoms with van der Waals surface area (Å²) in [6, 6.07) is 17.5. The number of benzene rings is 2. The van der Waals surface area contributed by atoms with Gasteiger partial charge >= 0.3 is 0 Å². The van der Waals surface area contributed by atoms with E-state index in [4.69, 9.17) is 20.8 Å². The van der Waals surface area contributed by atoms with Gasteiger partial charge in [0.05, 0.1) is 0 Å². The number of aromatic nitrogens is 1. The number of ether oxygens (including phenoxy) is 1. The van der Waals surface area contributed by atoms with Gasteiger partial charge in [-0.05, 0) is 29.8 Å². The monoisotopic (exact) mass is 299 g/mol. The van der Waals surface area contributed by atoms with Gasteiger partial charge in [0.25, 0.3) is 0 Å². The van der Waals surface area contributed by atoms with E-state index in [1.165, 1.54) is 0 Å². The summed E-state index contributed by atoms with van der Waals surface area (Å²) in [4.78, 5) is 4.42. The third kappa shape index (κ3) is 3.44. The minimum absolute atomic E-state index is 0.363. The molecule has 0 spiro atoms. The summed E-state index contributed by atoms with van der Waals surface area (Å²) in [6.45, 7) is 0.363. The minimum Gasteiger partial charge on any atom is -0.487 e. The number of hydrogen-bond acceptors (Lipinski definition) is 3. The summed E-state index contributed by atoms with van der Waals surface area (Å²) in [7, 11) is 0. The zero-order chi connectivity index (χ0) is 14.5. The average molecular weight is 300 g/mol. The molecule has 1 aromatic heterocycles. The van der Waals surface area contributed by atoms with Crippen LogP contribution in [0, 0.1) is 0 Å². The second-order valence-corrected chi connectivity index (χ2v) is 4.85. The van der Waals surface area contributed by atoms with Crippen molar-refractivity contribution in [1.29, 1.82) is 0 Å². The number of rotatable bonds is 5. The van der Waals surface area contributed by atoms with Gasteiger partial charge in [0, 0.05) is 11.4 Å². The van der Waals surface area contributed by atoms with Gasteiger partial charge in [-0.25, -0.2) is 4.98 Å². The van der Waals surface area contributed by atoms with Crippen LogP contribution < -0.4 is 4.74 Å². The smallest absolute Gasteiger partial charge is 0.226 e. The fourth-order valence-electron chi connectivity index (χ4n) is 1.96. The van der Waals surface area contributed by atoms with Gasteiger partial charge < -0.3 is 9.15 Å². The van der Waals surface area contributed by atoms with Crippen molar-refractivity contribution in [1.82, 2.24) is 4.98 Å². The number of oxazole rings is 1. The minimum atomic E-state index is 0.363. The molecule has 0 fully saturated rings. The van der Waals surface area contributed by atoms with E-state index in [-0.39, 0.29) is 0 Å². The maximum Gasteiger partial charge on any atom is 0.226 e. The molecule has 0 aliphatic heterocycles. The highest BCUT2D eigenvalue weighted by atomic mass is 35.5. The molecule has 0 atom stereocenters. The van der Waals surface area contributed by atoms with Crippen LogP contribution in [0.2, 0.25) is 0 Å². The maximum atomic E-state index is 5.80. The molecule has 21 heavy (non-hydrogen) atoms. The first-order valence-electron chi connectivity index (χ1n) is 6.62. The highest BCUT2D eigenvalue weighted by Gasteiger charge is 2.06. The van der Waals surface area contributed by atoms with E-state index >= 15 is 0 Å². The van der Waals surface area contributed by atoms with Gasteiger partial charge in [-0.3, -0.25) is 0 Å². The molecule has 0 unspecified atom stereocenters.